The van der Waals surface area contributed by atoms with Crippen molar-refractivity contribution in [2.45, 2.75) is 46.0 Å². The first kappa shape index (κ1) is 15.6. The predicted molar refractivity (Wildman–Crippen MR) is 89.8 cm³/mol. The molecule has 0 aromatic heterocycles. The van der Waals surface area contributed by atoms with E-state index in [4.69, 9.17) is 0 Å². The fraction of sp³-hybridized carbons (Fsp3) is 0.556. The van der Waals surface area contributed by atoms with Crippen LogP contribution in [-0.4, -0.2) is 24.5 Å². The summed E-state index contributed by atoms with van der Waals surface area (Å²) in [6.07, 6.45) is 9.04. The van der Waals surface area contributed by atoms with E-state index in [1.165, 1.54) is 68.4 Å². The van der Waals surface area contributed by atoms with E-state index in [1.807, 2.05) is 0 Å². The Morgan fingerprint density at radius 2 is 1.70 bits per heavy atom. The van der Waals surface area contributed by atoms with Crippen LogP contribution in [0.4, 0.5) is 0 Å². The number of hydrogen-bond acceptors (Lipinski definition) is 1. The van der Waals surface area contributed by atoms with Crippen molar-refractivity contribution < 1.29 is 0 Å². The Morgan fingerprint density at radius 3 is 2.45 bits per heavy atom. The van der Waals surface area contributed by atoms with Crippen molar-refractivity contribution in [3.63, 3.8) is 0 Å². The number of rotatable bonds is 3. The largest absolute Gasteiger partial charge is 0.303 e. The van der Waals surface area contributed by atoms with Crippen LogP contribution in [0.5, 0.6) is 0 Å². The van der Waals surface area contributed by atoms with Crippen molar-refractivity contribution in [3.05, 3.63) is 40.0 Å². The van der Waals surface area contributed by atoms with Crippen molar-refractivity contribution in [3.8, 4) is 0 Å². The maximum atomic E-state index is 2.62. The summed E-state index contributed by atoms with van der Waals surface area (Å²) < 4.78 is 0. The topological polar surface area (TPSA) is 3.24 Å². The molecule has 0 atom stereocenters. The molecule has 0 saturated carbocycles. The summed E-state index contributed by atoms with van der Waals surface area (Å²) in [7, 11) is 0. The summed E-state index contributed by atoms with van der Waals surface area (Å²) in [6.45, 7) is 8.36. The Labute approximate surface area is 129 Å². The molecule has 1 fully saturated rings. The third-order valence-electron chi connectivity index (χ3n) is 4.78. The summed E-state index contributed by atoms with van der Waals surface area (Å²) in [5.41, 5.74) is 7.55. The van der Waals surface area contributed by atoms with Gasteiger partial charge < -0.3 is 4.90 Å². The smallest absolute Gasteiger partial charge is 0.00187 e. The minimum absolute atomic E-state index is 0. The van der Waals surface area contributed by atoms with Crippen LogP contribution in [-0.2, 0) is 6.42 Å². The molecule has 20 heavy (non-hydrogen) atoms. The van der Waals surface area contributed by atoms with Gasteiger partial charge in [0.2, 0.25) is 0 Å². The highest BCUT2D eigenvalue weighted by molar-refractivity contribution is 5.85. The van der Waals surface area contributed by atoms with Crippen molar-refractivity contribution in [1.29, 1.82) is 0 Å². The molecule has 0 amide bonds. The lowest BCUT2D eigenvalue weighted by Crippen LogP contribution is -2.21. The number of halogens is 1. The lowest BCUT2D eigenvalue weighted by atomic mass is 9.88. The summed E-state index contributed by atoms with van der Waals surface area (Å²) in [6, 6.07) is 4.76. The number of fused-ring (bicyclic) bond motifs is 1. The Bertz CT molecular complexity index is 498. The quantitative estimate of drug-likeness (QED) is 0.790. The van der Waals surface area contributed by atoms with Gasteiger partial charge in [0.05, 0.1) is 0 Å². The van der Waals surface area contributed by atoms with Crippen LogP contribution in [0.3, 0.4) is 0 Å². The van der Waals surface area contributed by atoms with Crippen LogP contribution in [0.15, 0.2) is 17.7 Å². The van der Waals surface area contributed by atoms with Gasteiger partial charge in [-0.1, -0.05) is 23.8 Å². The average Bonchev–Trinajstić information content (AvgIpc) is 2.91. The third-order valence-corrected chi connectivity index (χ3v) is 4.78. The fourth-order valence-corrected chi connectivity index (χ4v) is 3.34. The van der Waals surface area contributed by atoms with Crippen LogP contribution in [0, 0.1) is 13.8 Å². The van der Waals surface area contributed by atoms with Gasteiger partial charge in [-0.15, -0.1) is 12.4 Å². The van der Waals surface area contributed by atoms with Crippen LogP contribution in [0.2, 0.25) is 0 Å². The van der Waals surface area contributed by atoms with Crippen LogP contribution >= 0.6 is 12.4 Å². The molecule has 1 aromatic rings. The molecular formula is C18H26ClN. The van der Waals surface area contributed by atoms with E-state index in [1.54, 1.807) is 11.1 Å². The van der Waals surface area contributed by atoms with E-state index >= 15 is 0 Å². The molecule has 2 aliphatic rings. The highest BCUT2D eigenvalue weighted by atomic mass is 35.5. The second kappa shape index (κ2) is 6.78. The van der Waals surface area contributed by atoms with E-state index in [9.17, 15) is 0 Å². The van der Waals surface area contributed by atoms with Gasteiger partial charge in [0.25, 0.3) is 0 Å². The van der Waals surface area contributed by atoms with Crippen LogP contribution < -0.4 is 0 Å². The minimum Gasteiger partial charge on any atom is -0.303 e. The Balaban J connectivity index is 0.00000147. The molecule has 1 saturated heterocycles. The zero-order valence-corrected chi connectivity index (χ0v) is 13.6. The van der Waals surface area contributed by atoms with Gasteiger partial charge in [-0.25, -0.2) is 0 Å². The second-order valence-corrected chi connectivity index (χ2v) is 6.24. The first-order valence-corrected chi connectivity index (χ1v) is 7.74. The molecule has 0 bridgehead atoms. The normalized spacial score (nSPS) is 18.4. The summed E-state index contributed by atoms with van der Waals surface area (Å²) in [5, 5.41) is 0. The highest BCUT2D eigenvalue weighted by Crippen LogP contribution is 2.28. The van der Waals surface area contributed by atoms with Crippen molar-refractivity contribution in [2.75, 3.05) is 19.6 Å². The van der Waals surface area contributed by atoms with E-state index in [2.05, 4.69) is 37.0 Å². The van der Waals surface area contributed by atoms with Gasteiger partial charge in [0, 0.05) is 6.54 Å². The van der Waals surface area contributed by atoms with Crippen molar-refractivity contribution in [2.24, 2.45) is 0 Å². The van der Waals surface area contributed by atoms with Gasteiger partial charge in [-0.2, -0.15) is 0 Å². The number of nitrogens with zero attached hydrogens (tertiary/aromatic N) is 1. The molecule has 0 radical (unpaired) electrons. The molecule has 1 aliphatic carbocycles. The first-order chi connectivity index (χ1) is 9.22. The van der Waals surface area contributed by atoms with Crippen molar-refractivity contribution >= 4 is 18.5 Å². The summed E-state index contributed by atoms with van der Waals surface area (Å²) >= 11 is 0. The first-order valence-electron chi connectivity index (χ1n) is 7.74. The number of likely N-dealkylation sites (tertiary alicyclic amines) is 1. The standard InChI is InChI=1S/C18H25N.ClH/c1-14-11-17-6-5-16(13-18(17)12-15(14)2)7-10-19-8-3-4-9-19;/h11-13H,3-10H2,1-2H3;1H. The van der Waals surface area contributed by atoms with Gasteiger partial charge in [0.1, 0.15) is 0 Å². The van der Waals surface area contributed by atoms with E-state index in [0.717, 1.165) is 0 Å². The number of hydrogen-bond donors (Lipinski definition) is 0. The van der Waals surface area contributed by atoms with E-state index < -0.39 is 0 Å². The predicted octanol–water partition coefficient (Wildman–Crippen LogP) is 4.54. The summed E-state index contributed by atoms with van der Waals surface area (Å²) in [4.78, 5) is 2.62. The van der Waals surface area contributed by atoms with Gasteiger partial charge in [-0.05, 0) is 81.3 Å². The molecular weight excluding hydrogens is 266 g/mol. The third kappa shape index (κ3) is 3.45. The molecule has 0 unspecified atom stereocenters. The zero-order valence-electron chi connectivity index (χ0n) is 12.7. The maximum absolute atomic E-state index is 2.62. The lowest BCUT2D eigenvalue weighted by Gasteiger charge is -2.20. The second-order valence-electron chi connectivity index (χ2n) is 6.24. The molecule has 0 spiro atoms. The zero-order chi connectivity index (χ0) is 13.2. The van der Waals surface area contributed by atoms with Crippen LogP contribution in [0.25, 0.3) is 6.08 Å². The van der Waals surface area contributed by atoms with Crippen LogP contribution in [0.1, 0.15) is 47.9 Å². The number of benzene rings is 1. The Kier molecular flexibility index (Phi) is 5.29. The minimum atomic E-state index is 0. The van der Waals surface area contributed by atoms with Gasteiger partial charge >= 0.3 is 0 Å². The van der Waals surface area contributed by atoms with E-state index in [-0.39, 0.29) is 12.4 Å². The highest BCUT2D eigenvalue weighted by Gasteiger charge is 2.14. The molecule has 1 heterocycles. The molecule has 2 heteroatoms. The molecule has 1 nitrogen and oxygen atoms in total. The monoisotopic (exact) mass is 291 g/mol. The Morgan fingerprint density at radius 1 is 1.00 bits per heavy atom. The molecule has 1 aliphatic heterocycles. The van der Waals surface area contributed by atoms with Gasteiger partial charge in [0.15, 0.2) is 0 Å². The molecule has 3 rings (SSSR count). The van der Waals surface area contributed by atoms with E-state index in [0.29, 0.717) is 0 Å². The van der Waals surface area contributed by atoms with Crippen molar-refractivity contribution in [1.82, 2.24) is 4.90 Å². The molecule has 1 aromatic carbocycles. The lowest BCUT2D eigenvalue weighted by molar-refractivity contribution is 0.342. The SMILES string of the molecule is Cc1cc2c(cc1C)CCC(CCN1CCCC1)=C2.Cl. The Hall–Kier alpha value is -0.790. The number of aryl methyl sites for hydroxylation is 3. The average molecular weight is 292 g/mol. The summed E-state index contributed by atoms with van der Waals surface area (Å²) in [5.74, 6) is 0. The molecule has 0 N–H and O–H groups in total. The maximum Gasteiger partial charge on any atom is 0.00187 e. The van der Waals surface area contributed by atoms with Gasteiger partial charge in [-0.3, -0.25) is 0 Å². The molecule has 110 valence electrons. The fourth-order valence-electron chi connectivity index (χ4n) is 3.34.